The molecule has 3 saturated carbocycles. The summed E-state index contributed by atoms with van der Waals surface area (Å²) in [6.07, 6.45) is 2.16. The third kappa shape index (κ3) is 1.04. The quantitative estimate of drug-likeness (QED) is 0.676. The Morgan fingerprint density at radius 1 is 1.38 bits per heavy atom. The van der Waals surface area contributed by atoms with E-state index < -0.39 is 5.97 Å². The lowest BCUT2D eigenvalue weighted by molar-refractivity contribution is -0.167. The molecule has 0 aromatic rings. The third-order valence-electron chi connectivity index (χ3n) is 4.67. The first-order chi connectivity index (χ1) is 5.94. The van der Waals surface area contributed by atoms with Crippen LogP contribution in [0.1, 0.15) is 33.6 Å². The molecule has 0 radical (unpaired) electrons. The van der Waals surface area contributed by atoms with E-state index in [0.717, 1.165) is 6.42 Å². The summed E-state index contributed by atoms with van der Waals surface area (Å²) in [5, 5.41) is 9.02. The number of fused-ring (bicyclic) bond motifs is 2. The van der Waals surface area contributed by atoms with Crippen molar-refractivity contribution < 1.29 is 9.90 Å². The average molecular weight is 182 g/mol. The molecule has 3 rings (SSSR count). The number of hydrogen-bond donors (Lipinski definition) is 1. The van der Waals surface area contributed by atoms with Crippen molar-refractivity contribution in [3.63, 3.8) is 0 Å². The summed E-state index contributed by atoms with van der Waals surface area (Å²) in [6, 6.07) is 0. The smallest absolute Gasteiger partial charge is 0.306 e. The van der Waals surface area contributed by atoms with Crippen molar-refractivity contribution >= 4 is 5.97 Å². The Balaban J connectivity index is 2.16. The zero-order chi connectivity index (χ0) is 9.80. The summed E-state index contributed by atoms with van der Waals surface area (Å²) in [5.41, 5.74) is 0.408. The van der Waals surface area contributed by atoms with Crippen LogP contribution in [0.25, 0.3) is 0 Å². The van der Waals surface area contributed by atoms with Crippen molar-refractivity contribution in [1.82, 2.24) is 0 Å². The molecule has 0 amide bonds. The molecule has 2 heteroatoms. The van der Waals surface area contributed by atoms with Crippen LogP contribution in [0, 0.1) is 29.1 Å². The number of carboxylic acids is 1. The average Bonchev–Trinajstić information content (AvgIpc) is 2.02. The summed E-state index contributed by atoms with van der Waals surface area (Å²) in [5.74, 6) is 1.02. The van der Waals surface area contributed by atoms with E-state index in [1.807, 2.05) is 0 Å². The Labute approximate surface area is 79.3 Å². The van der Waals surface area contributed by atoms with Crippen LogP contribution in [0.2, 0.25) is 0 Å². The second-order valence-corrected chi connectivity index (χ2v) is 5.40. The SMILES string of the molecule is C[C@@H]1[C@H]2C[C@@H](C[C@H]1C(=O)O)C2(C)C. The predicted octanol–water partition coefficient (Wildman–Crippen LogP) is 2.39. The summed E-state index contributed by atoms with van der Waals surface area (Å²) < 4.78 is 0. The number of carboxylic acid groups (broad SMARTS) is 1. The van der Waals surface area contributed by atoms with Gasteiger partial charge in [-0.2, -0.15) is 0 Å². The molecular weight excluding hydrogens is 164 g/mol. The first kappa shape index (κ1) is 9.04. The van der Waals surface area contributed by atoms with Crippen molar-refractivity contribution in [2.45, 2.75) is 33.6 Å². The molecule has 3 aliphatic rings. The van der Waals surface area contributed by atoms with Gasteiger partial charge in [0.2, 0.25) is 0 Å². The Morgan fingerprint density at radius 3 is 2.38 bits per heavy atom. The van der Waals surface area contributed by atoms with E-state index in [1.165, 1.54) is 6.42 Å². The topological polar surface area (TPSA) is 37.3 Å². The van der Waals surface area contributed by atoms with Crippen LogP contribution >= 0.6 is 0 Å². The van der Waals surface area contributed by atoms with Gasteiger partial charge in [-0.05, 0) is 36.0 Å². The van der Waals surface area contributed by atoms with Gasteiger partial charge in [0, 0.05) is 0 Å². The Hall–Kier alpha value is -0.530. The highest BCUT2D eigenvalue weighted by atomic mass is 16.4. The maximum absolute atomic E-state index is 10.9. The van der Waals surface area contributed by atoms with Gasteiger partial charge in [-0.3, -0.25) is 4.79 Å². The van der Waals surface area contributed by atoms with Crippen LogP contribution in [0.3, 0.4) is 0 Å². The van der Waals surface area contributed by atoms with E-state index in [2.05, 4.69) is 20.8 Å². The molecule has 0 spiro atoms. The van der Waals surface area contributed by atoms with Crippen molar-refractivity contribution in [2.24, 2.45) is 29.1 Å². The van der Waals surface area contributed by atoms with Gasteiger partial charge < -0.3 is 5.11 Å². The number of aliphatic carboxylic acids is 1. The standard InChI is InChI=1S/C11H18O2/c1-6-8(10(12)13)4-7-5-9(6)11(7,2)3/h6-9H,4-5H2,1-3H3,(H,12,13)/t6-,7+,8+,9+/m0/s1. The minimum Gasteiger partial charge on any atom is -0.481 e. The second-order valence-electron chi connectivity index (χ2n) is 5.40. The zero-order valence-corrected chi connectivity index (χ0v) is 8.58. The van der Waals surface area contributed by atoms with Crippen molar-refractivity contribution in [2.75, 3.05) is 0 Å². The lowest BCUT2D eigenvalue weighted by atomic mass is 9.43. The lowest BCUT2D eigenvalue weighted by Crippen LogP contribution is -2.56. The summed E-state index contributed by atoms with van der Waals surface area (Å²) in [6.45, 7) is 6.70. The van der Waals surface area contributed by atoms with Gasteiger partial charge in [-0.15, -0.1) is 0 Å². The minimum absolute atomic E-state index is 0.0724. The molecule has 3 aliphatic carbocycles. The molecule has 0 heterocycles. The minimum atomic E-state index is -0.585. The maximum atomic E-state index is 10.9. The van der Waals surface area contributed by atoms with Crippen molar-refractivity contribution in [1.29, 1.82) is 0 Å². The molecule has 0 saturated heterocycles. The summed E-state index contributed by atoms with van der Waals surface area (Å²) >= 11 is 0. The summed E-state index contributed by atoms with van der Waals surface area (Å²) in [7, 11) is 0. The van der Waals surface area contributed by atoms with Gasteiger partial charge in [-0.1, -0.05) is 20.8 Å². The second kappa shape index (κ2) is 2.49. The third-order valence-corrected chi connectivity index (χ3v) is 4.67. The first-order valence-corrected chi connectivity index (χ1v) is 5.17. The van der Waals surface area contributed by atoms with Crippen molar-refractivity contribution in [3.8, 4) is 0 Å². The van der Waals surface area contributed by atoms with Gasteiger partial charge in [0.05, 0.1) is 5.92 Å². The van der Waals surface area contributed by atoms with E-state index in [1.54, 1.807) is 0 Å². The van der Waals surface area contributed by atoms with E-state index in [-0.39, 0.29) is 5.92 Å². The number of hydrogen-bond acceptors (Lipinski definition) is 1. The molecule has 13 heavy (non-hydrogen) atoms. The largest absolute Gasteiger partial charge is 0.481 e. The fourth-order valence-electron chi connectivity index (χ4n) is 3.48. The van der Waals surface area contributed by atoms with Gasteiger partial charge in [0.25, 0.3) is 0 Å². The molecule has 0 aromatic heterocycles. The van der Waals surface area contributed by atoms with E-state index in [4.69, 9.17) is 5.11 Å². The molecule has 4 atom stereocenters. The molecule has 3 fully saturated rings. The molecule has 0 aliphatic heterocycles. The van der Waals surface area contributed by atoms with E-state index >= 15 is 0 Å². The molecule has 2 nitrogen and oxygen atoms in total. The highest BCUT2D eigenvalue weighted by Gasteiger charge is 2.57. The first-order valence-electron chi connectivity index (χ1n) is 5.17. The Morgan fingerprint density at radius 2 is 2.00 bits per heavy atom. The van der Waals surface area contributed by atoms with E-state index in [9.17, 15) is 4.79 Å². The van der Waals surface area contributed by atoms with Gasteiger partial charge in [0.15, 0.2) is 0 Å². The highest BCUT2D eigenvalue weighted by molar-refractivity contribution is 5.70. The van der Waals surface area contributed by atoms with Crippen LogP contribution in [-0.2, 0) is 4.79 Å². The monoisotopic (exact) mass is 182 g/mol. The molecule has 0 unspecified atom stereocenters. The Bertz CT molecular complexity index is 244. The molecule has 0 aromatic carbocycles. The van der Waals surface area contributed by atoms with Crippen molar-refractivity contribution in [3.05, 3.63) is 0 Å². The van der Waals surface area contributed by atoms with Gasteiger partial charge in [0.1, 0.15) is 0 Å². The van der Waals surface area contributed by atoms with Crippen LogP contribution < -0.4 is 0 Å². The summed E-state index contributed by atoms with van der Waals surface area (Å²) in [4.78, 5) is 10.9. The molecule has 1 N–H and O–H groups in total. The lowest BCUT2D eigenvalue weighted by Gasteiger charge is -2.61. The molecule has 2 bridgehead atoms. The van der Waals surface area contributed by atoms with Crippen LogP contribution in [0.15, 0.2) is 0 Å². The van der Waals surface area contributed by atoms with Crippen LogP contribution in [0.5, 0.6) is 0 Å². The molecule has 74 valence electrons. The number of rotatable bonds is 1. The van der Waals surface area contributed by atoms with Gasteiger partial charge in [-0.25, -0.2) is 0 Å². The maximum Gasteiger partial charge on any atom is 0.306 e. The van der Waals surface area contributed by atoms with Crippen LogP contribution in [-0.4, -0.2) is 11.1 Å². The Kier molecular flexibility index (Phi) is 1.73. The fourth-order valence-corrected chi connectivity index (χ4v) is 3.48. The normalized spacial score (nSPS) is 46.7. The van der Waals surface area contributed by atoms with Gasteiger partial charge >= 0.3 is 5.97 Å². The molecular formula is C11H18O2. The fraction of sp³-hybridized carbons (Fsp3) is 0.909. The number of carbonyl (C=O) groups is 1. The van der Waals surface area contributed by atoms with E-state index in [0.29, 0.717) is 23.2 Å². The predicted molar refractivity (Wildman–Crippen MR) is 50.3 cm³/mol. The highest BCUT2D eigenvalue weighted by Crippen LogP contribution is 2.62. The zero-order valence-electron chi connectivity index (χ0n) is 8.58. The van der Waals surface area contributed by atoms with Crippen LogP contribution in [0.4, 0.5) is 0 Å².